The van der Waals surface area contributed by atoms with Gasteiger partial charge in [-0.2, -0.15) is 10.4 Å². The number of carbonyl (C=O) groups is 2. The minimum absolute atomic E-state index is 0.0352. The maximum Gasteiger partial charge on any atom is 0.509 e. The summed E-state index contributed by atoms with van der Waals surface area (Å²) in [7, 11) is 1.38. The minimum Gasteiger partial charge on any atom is -0.447 e. The van der Waals surface area contributed by atoms with Crippen LogP contribution in [0, 0.1) is 11.3 Å². The Balaban J connectivity index is 1.80. The van der Waals surface area contributed by atoms with Crippen molar-refractivity contribution in [1.82, 2.24) is 19.9 Å². The van der Waals surface area contributed by atoms with Crippen molar-refractivity contribution < 1.29 is 29.9 Å². The second-order valence-electron chi connectivity index (χ2n) is 5.80. The third-order valence-electron chi connectivity index (χ3n) is 4.38. The second kappa shape index (κ2) is 5.99. The molecule has 0 radical (unpaired) electrons. The molecule has 0 bridgehead atoms. The molecule has 12 heteroatoms. The van der Waals surface area contributed by atoms with Gasteiger partial charge in [0, 0.05) is 7.05 Å². The minimum atomic E-state index is -1.86. The van der Waals surface area contributed by atoms with Crippen LogP contribution in [0.25, 0.3) is 5.52 Å². The molecule has 0 spiro atoms. The SMILES string of the molecule is [2H]c1cc([C@]2(C#N)O[C@H](COC(=O)NC)[C@H]3OC(=O)O[C@H]32)n2ncnc(N)c12. The van der Waals surface area contributed by atoms with Crippen LogP contribution in [0.1, 0.15) is 7.06 Å². The third-order valence-corrected chi connectivity index (χ3v) is 4.38. The van der Waals surface area contributed by atoms with E-state index in [9.17, 15) is 14.9 Å². The van der Waals surface area contributed by atoms with E-state index in [-0.39, 0.29) is 29.7 Å². The highest BCUT2D eigenvalue weighted by Gasteiger charge is 2.65. The molecule has 12 nitrogen and oxygen atoms in total. The lowest BCUT2D eigenvalue weighted by atomic mass is 9.92. The normalized spacial score (nSPS) is 29.4. The molecule has 4 rings (SSSR count). The number of ether oxygens (including phenoxy) is 4. The van der Waals surface area contributed by atoms with E-state index in [2.05, 4.69) is 15.4 Å². The van der Waals surface area contributed by atoms with E-state index in [1.54, 1.807) is 0 Å². The summed E-state index contributed by atoms with van der Waals surface area (Å²) < 4.78 is 30.5. The summed E-state index contributed by atoms with van der Waals surface area (Å²) in [4.78, 5) is 27.0. The summed E-state index contributed by atoms with van der Waals surface area (Å²) >= 11 is 0. The molecule has 2 fully saturated rings. The largest absolute Gasteiger partial charge is 0.509 e. The Morgan fingerprint density at radius 3 is 3.19 bits per heavy atom. The molecular weight excluding hydrogens is 360 g/mol. The van der Waals surface area contributed by atoms with E-state index < -0.39 is 36.2 Å². The van der Waals surface area contributed by atoms with Crippen LogP contribution in [-0.4, -0.2) is 58.8 Å². The molecule has 3 N–H and O–H groups in total. The molecule has 27 heavy (non-hydrogen) atoms. The van der Waals surface area contributed by atoms with Crippen LogP contribution in [0.4, 0.5) is 15.4 Å². The number of fused-ring (bicyclic) bond motifs is 2. The summed E-state index contributed by atoms with van der Waals surface area (Å²) in [5.74, 6) is 0.0352. The number of hydrogen-bond donors (Lipinski definition) is 2. The van der Waals surface area contributed by atoms with Gasteiger partial charge in [0.15, 0.2) is 18.0 Å². The Morgan fingerprint density at radius 2 is 2.44 bits per heavy atom. The highest BCUT2D eigenvalue weighted by Crippen LogP contribution is 2.46. The zero-order valence-electron chi connectivity index (χ0n) is 14.9. The first kappa shape index (κ1) is 15.6. The van der Waals surface area contributed by atoms with Crippen molar-refractivity contribution >= 4 is 23.6 Å². The standard InChI is InChI=1S/C15H14N6O6/c1-18-13(22)24-4-8-10-11(26-14(23)25-10)15(5-16,27-8)9-3-2-7-12(17)19-6-20-21(7)9/h2-3,6,8,10-11H,4H2,1H3,(H,18,22)(H2,17,19,20)/t8-,10-,11-,15+/m1/s1/i2D. The summed E-state index contributed by atoms with van der Waals surface area (Å²) in [6, 6.07) is 3.29. The number of nitrogen functional groups attached to an aromatic ring is 1. The molecule has 4 atom stereocenters. The topological polar surface area (TPSA) is 163 Å². The number of aromatic nitrogens is 3. The Morgan fingerprint density at radius 1 is 1.63 bits per heavy atom. The van der Waals surface area contributed by atoms with Crippen LogP contribution in [0.2, 0.25) is 0 Å². The van der Waals surface area contributed by atoms with Gasteiger partial charge in [-0.15, -0.1) is 0 Å². The van der Waals surface area contributed by atoms with Crippen LogP contribution in [0.15, 0.2) is 18.4 Å². The molecule has 2 aliphatic rings. The number of nitriles is 1. The first-order valence-electron chi connectivity index (χ1n) is 8.31. The van der Waals surface area contributed by atoms with Gasteiger partial charge < -0.3 is 30.0 Å². The van der Waals surface area contributed by atoms with Crippen molar-refractivity contribution in [3.63, 3.8) is 0 Å². The van der Waals surface area contributed by atoms with Crippen LogP contribution < -0.4 is 11.1 Å². The fourth-order valence-corrected chi connectivity index (χ4v) is 3.19. The van der Waals surface area contributed by atoms with Gasteiger partial charge >= 0.3 is 12.2 Å². The van der Waals surface area contributed by atoms with Crippen molar-refractivity contribution in [3.8, 4) is 6.07 Å². The number of rotatable bonds is 3. The predicted octanol–water partition coefficient (Wildman–Crippen LogP) is -0.311. The molecular formula is C15H14N6O6. The maximum absolute atomic E-state index is 11.7. The van der Waals surface area contributed by atoms with Crippen molar-refractivity contribution in [2.45, 2.75) is 23.9 Å². The van der Waals surface area contributed by atoms with Crippen molar-refractivity contribution in [2.75, 3.05) is 19.4 Å². The smallest absolute Gasteiger partial charge is 0.447 e. The number of alkyl carbamates (subject to hydrolysis) is 1. The molecule has 0 aliphatic carbocycles. The lowest BCUT2D eigenvalue weighted by molar-refractivity contribution is -0.0828. The molecule has 140 valence electrons. The van der Waals surface area contributed by atoms with Crippen LogP contribution >= 0.6 is 0 Å². The van der Waals surface area contributed by atoms with Crippen molar-refractivity contribution in [3.05, 3.63) is 24.1 Å². The number of hydrogen-bond acceptors (Lipinski definition) is 10. The molecule has 2 aromatic heterocycles. The predicted molar refractivity (Wildman–Crippen MR) is 85.1 cm³/mol. The average molecular weight is 375 g/mol. The number of nitrogens with two attached hydrogens (primary N) is 1. The first-order valence-corrected chi connectivity index (χ1v) is 7.81. The fourth-order valence-electron chi connectivity index (χ4n) is 3.19. The second-order valence-corrected chi connectivity index (χ2v) is 5.80. The van der Waals surface area contributed by atoms with E-state index in [1.165, 1.54) is 17.6 Å². The Bertz CT molecular complexity index is 1020. The van der Waals surface area contributed by atoms with Gasteiger partial charge in [-0.1, -0.05) is 0 Å². The zero-order valence-corrected chi connectivity index (χ0v) is 13.9. The number of carbonyl (C=O) groups excluding carboxylic acids is 2. The zero-order chi connectivity index (χ0) is 20.1. The van der Waals surface area contributed by atoms with Gasteiger partial charge in [-0.05, 0) is 12.1 Å². The van der Waals surface area contributed by atoms with E-state index in [0.717, 1.165) is 6.33 Å². The molecule has 0 aromatic carbocycles. The number of anilines is 1. The van der Waals surface area contributed by atoms with E-state index in [0.29, 0.717) is 0 Å². The summed E-state index contributed by atoms with van der Waals surface area (Å²) in [5, 5.41) is 16.3. The van der Waals surface area contributed by atoms with Gasteiger partial charge in [0.2, 0.25) is 5.60 Å². The number of nitrogens with one attached hydrogen (secondary N) is 1. The van der Waals surface area contributed by atoms with Gasteiger partial charge in [-0.3, -0.25) is 0 Å². The molecule has 2 saturated heterocycles. The average Bonchev–Trinajstić information content (AvgIpc) is 3.31. The number of amides is 1. The monoisotopic (exact) mass is 375 g/mol. The summed E-state index contributed by atoms with van der Waals surface area (Å²) in [6.45, 7) is -0.297. The Labute approximate surface area is 153 Å². The van der Waals surface area contributed by atoms with Gasteiger partial charge in [-0.25, -0.2) is 19.1 Å². The molecule has 2 aliphatic heterocycles. The molecule has 0 unspecified atom stereocenters. The maximum atomic E-state index is 11.7. The van der Waals surface area contributed by atoms with Gasteiger partial charge in [0.25, 0.3) is 0 Å². The quantitative estimate of drug-likeness (QED) is 0.680. The fraction of sp³-hybridized carbons (Fsp3) is 0.400. The van der Waals surface area contributed by atoms with Gasteiger partial charge in [0.1, 0.15) is 30.6 Å². The van der Waals surface area contributed by atoms with Crippen LogP contribution in [0.5, 0.6) is 0 Å². The number of nitrogens with zero attached hydrogens (tertiary/aromatic N) is 4. The van der Waals surface area contributed by atoms with Crippen molar-refractivity contribution in [1.29, 1.82) is 5.26 Å². The molecule has 1 amide bonds. The highest BCUT2D eigenvalue weighted by molar-refractivity contribution is 5.68. The highest BCUT2D eigenvalue weighted by atomic mass is 16.8. The van der Waals surface area contributed by atoms with Gasteiger partial charge in [0.05, 0.1) is 7.06 Å². The lowest BCUT2D eigenvalue weighted by Crippen LogP contribution is -2.39. The lowest BCUT2D eigenvalue weighted by Gasteiger charge is -2.24. The van der Waals surface area contributed by atoms with Crippen LogP contribution in [-0.2, 0) is 24.5 Å². The van der Waals surface area contributed by atoms with E-state index in [4.69, 9.17) is 26.1 Å². The Hall–Kier alpha value is -3.59. The molecule has 2 aromatic rings. The summed E-state index contributed by atoms with van der Waals surface area (Å²) in [6.07, 6.45) is -3.70. The Kier molecular flexibility index (Phi) is 3.47. The third kappa shape index (κ3) is 2.40. The van der Waals surface area contributed by atoms with Crippen molar-refractivity contribution in [2.24, 2.45) is 0 Å². The first-order chi connectivity index (χ1) is 13.4. The molecule has 4 heterocycles. The van der Waals surface area contributed by atoms with Crippen LogP contribution in [0.3, 0.4) is 0 Å². The van der Waals surface area contributed by atoms with E-state index >= 15 is 0 Å². The summed E-state index contributed by atoms with van der Waals surface area (Å²) in [5.41, 5.74) is 4.23. The van der Waals surface area contributed by atoms with E-state index in [1.807, 2.05) is 6.07 Å². The molecule has 0 saturated carbocycles.